The van der Waals surface area contributed by atoms with Crippen LogP contribution in [0.3, 0.4) is 0 Å². The standard InChI is InChI=1S/C15H19N3O2S2/c1-18-10(9-17-15(18)21-2)8-16-14(19)13-6-5-12(22-13)11-4-3-7-20-11/h5-6,9,11H,3-4,7-8H2,1-2H3,(H,16,19)/t11-/m1/s1. The van der Waals surface area contributed by atoms with Gasteiger partial charge in [-0.2, -0.15) is 0 Å². The number of thiophene rings is 1. The first kappa shape index (κ1) is 15.6. The number of carbonyl (C=O) groups excluding carboxylic acids is 1. The van der Waals surface area contributed by atoms with E-state index in [1.165, 1.54) is 11.3 Å². The first-order chi connectivity index (χ1) is 10.7. The summed E-state index contributed by atoms with van der Waals surface area (Å²) in [7, 11) is 1.96. The summed E-state index contributed by atoms with van der Waals surface area (Å²) < 4.78 is 7.65. The lowest BCUT2D eigenvalue weighted by molar-refractivity contribution is 0.0954. The maximum Gasteiger partial charge on any atom is 0.261 e. The van der Waals surface area contributed by atoms with Gasteiger partial charge in [0.1, 0.15) is 0 Å². The summed E-state index contributed by atoms with van der Waals surface area (Å²) in [5, 5.41) is 3.90. The lowest BCUT2D eigenvalue weighted by Crippen LogP contribution is -2.23. The van der Waals surface area contributed by atoms with Crippen molar-refractivity contribution in [3.8, 4) is 0 Å². The molecular formula is C15H19N3O2S2. The van der Waals surface area contributed by atoms with Gasteiger partial charge >= 0.3 is 0 Å². The SMILES string of the molecule is CSc1ncc(CNC(=O)c2ccc([C@H]3CCCO3)s2)n1C. The molecule has 0 unspecified atom stereocenters. The number of nitrogens with one attached hydrogen (secondary N) is 1. The fourth-order valence-electron chi connectivity index (χ4n) is 2.49. The van der Waals surface area contributed by atoms with Gasteiger partial charge in [0.2, 0.25) is 0 Å². The molecule has 3 rings (SSSR count). The van der Waals surface area contributed by atoms with Crippen molar-refractivity contribution >= 4 is 29.0 Å². The average Bonchev–Trinajstić information content (AvgIpc) is 3.25. The Morgan fingerprint density at radius 2 is 2.45 bits per heavy atom. The van der Waals surface area contributed by atoms with Crippen molar-refractivity contribution in [3.63, 3.8) is 0 Å². The van der Waals surface area contributed by atoms with E-state index in [1.54, 1.807) is 18.0 Å². The predicted molar refractivity (Wildman–Crippen MR) is 88.4 cm³/mol. The zero-order chi connectivity index (χ0) is 15.5. The van der Waals surface area contributed by atoms with Crippen molar-refractivity contribution in [1.82, 2.24) is 14.9 Å². The van der Waals surface area contributed by atoms with Crippen molar-refractivity contribution in [2.24, 2.45) is 7.05 Å². The Kier molecular flexibility index (Phi) is 4.85. The molecule has 5 nitrogen and oxygen atoms in total. The van der Waals surface area contributed by atoms with E-state index >= 15 is 0 Å². The van der Waals surface area contributed by atoms with Crippen LogP contribution >= 0.6 is 23.1 Å². The van der Waals surface area contributed by atoms with Crippen LogP contribution in [0, 0.1) is 0 Å². The smallest absolute Gasteiger partial charge is 0.261 e. The molecule has 3 heterocycles. The van der Waals surface area contributed by atoms with E-state index in [9.17, 15) is 4.79 Å². The van der Waals surface area contributed by atoms with Crippen LogP contribution in [0.5, 0.6) is 0 Å². The molecule has 1 amide bonds. The van der Waals surface area contributed by atoms with Gasteiger partial charge in [0.05, 0.1) is 29.4 Å². The molecule has 0 saturated carbocycles. The molecule has 118 valence electrons. The molecule has 0 radical (unpaired) electrons. The number of nitrogens with zero attached hydrogens (tertiary/aromatic N) is 2. The molecule has 1 atom stereocenters. The van der Waals surface area contributed by atoms with E-state index in [4.69, 9.17) is 4.74 Å². The molecule has 0 aliphatic carbocycles. The highest BCUT2D eigenvalue weighted by Gasteiger charge is 2.21. The molecule has 1 N–H and O–H groups in total. The van der Waals surface area contributed by atoms with E-state index in [0.717, 1.165) is 40.1 Å². The van der Waals surface area contributed by atoms with E-state index in [1.807, 2.05) is 30.0 Å². The fraction of sp³-hybridized carbons (Fsp3) is 0.467. The minimum absolute atomic E-state index is 0.0406. The van der Waals surface area contributed by atoms with Gasteiger partial charge < -0.3 is 14.6 Å². The summed E-state index contributed by atoms with van der Waals surface area (Å²) in [5.41, 5.74) is 0.994. The van der Waals surface area contributed by atoms with Crippen LogP contribution in [0.15, 0.2) is 23.5 Å². The van der Waals surface area contributed by atoms with Gasteiger partial charge in [0.15, 0.2) is 5.16 Å². The van der Waals surface area contributed by atoms with Crippen LogP contribution < -0.4 is 5.32 Å². The molecule has 7 heteroatoms. The summed E-state index contributed by atoms with van der Waals surface area (Å²) in [4.78, 5) is 18.4. The first-order valence-corrected chi connectivity index (χ1v) is 9.27. The van der Waals surface area contributed by atoms with E-state index < -0.39 is 0 Å². The lowest BCUT2D eigenvalue weighted by atomic mass is 10.2. The monoisotopic (exact) mass is 337 g/mol. The number of carbonyl (C=O) groups is 1. The van der Waals surface area contributed by atoms with Crippen molar-refractivity contribution in [1.29, 1.82) is 0 Å². The highest BCUT2D eigenvalue weighted by atomic mass is 32.2. The Bertz CT molecular complexity index is 660. The van der Waals surface area contributed by atoms with Crippen LogP contribution in [0.1, 0.15) is 39.2 Å². The lowest BCUT2D eigenvalue weighted by Gasteiger charge is -2.06. The quantitative estimate of drug-likeness (QED) is 0.852. The molecule has 2 aromatic heterocycles. The van der Waals surface area contributed by atoms with E-state index in [-0.39, 0.29) is 12.0 Å². The normalized spacial score (nSPS) is 17.8. The van der Waals surface area contributed by atoms with Crippen LogP contribution in [0.2, 0.25) is 0 Å². The molecule has 1 aliphatic rings. The largest absolute Gasteiger partial charge is 0.373 e. The molecule has 22 heavy (non-hydrogen) atoms. The zero-order valence-corrected chi connectivity index (χ0v) is 14.3. The number of amides is 1. The molecule has 0 aromatic carbocycles. The predicted octanol–water partition coefficient (Wildman–Crippen LogP) is 2.99. The van der Waals surface area contributed by atoms with E-state index in [0.29, 0.717) is 6.54 Å². The summed E-state index contributed by atoms with van der Waals surface area (Å²) in [6, 6.07) is 3.89. The van der Waals surface area contributed by atoms with Crippen molar-refractivity contribution in [3.05, 3.63) is 33.8 Å². The number of aromatic nitrogens is 2. The number of ether oxygens (including phenoxy) is 1. The van der Waals surface area contributed by atoms with Gasteiger partial charge in [-0.25, -0.2) is 4.98 Å². The molecule has 1 fully saturated rings. The third-order valence-electron chi connectivity index (χ3n) is 3.75. The molecule has 1 saturated heterocycles. The summed E-state index contributed by atoms with van der Waals surface area (Å²) in [5.74, 6) is -0.0406. The highest BCUT2D eigenvalue weighted by Crippen LogP contribution is 2.33. The Morgan fingerprint density at radius 1 is 1.59 bits per heavy atom. The Balaban J connectivity index is 1.60. The van der Waals surface area contributed by atoms with E-state index in [2.05, 4.69) is 10.3 Å². The third-order valence-corrected chi connectivity index (χ3v) is 5.67. The number of hydrogen-bond acceptors (Lipinski definition) is 5. The van der Waals surface area contributed by atoms with Crippen molar-refractivity contribution in [2.45, 2.75) is 30.6 Å². The van der Waals surface area contributed by atoms with Crippen molar-refractivity contribution < 1.29 is 9.53 Å². The van der Waals surface area contributed by atoms with Gasteiger partial charge in [-0.05, 0) is 31.2 Å². The molecular weight excluding hydrogens is 318 g/mol. The minimum Gasteiger partial charge on any atom is -0.373 e. The van der Waals surface area contributed by atoms with Gasteiger partial charge in [-0.1, -0.05) is 11.8 Å². The maximum absolute atomic E-state index is 12.3. The van der Waals surface area contributed by atoms with Crippen molar-refractivity contribution in [2.75, 3.05) is 12.9 Å². The van der Waals surface area contributed by atoms with Gasteiger partial charge in [0.25, 0.3) is 5.91 Å². The van der Waals surface area contributed by atoms with Crippen LogP contribution in [-0.4, -0.2) is 28.3 Å². The second-order valence-corrected chi connectivity index (χ2v) is 7.07. The van der Waals surface area contributed by atoms with Gasteiger partial charge in [-0.15, -0.1) is 11.3 Å². The van der Waals surface area contributed by atoms with Crippen LogP contribution in [0.4, 0.5) is 0 Å². The maximum atomic E-state index is 12.3. The summed E-state index contributed by atoms with van der Waals surface area (Å²) >= 11 is 3.12. The Morgan fingerprint density at radius 3 is 3.14 bits per heavy atom. The van der Waals surface area contributed by atoms with Crippen LogP contribution in [0.25, 0.3) is 0 Å². The Hall–Kier alpha value is -1.31. The molecule has 2 aromatic rings. The summed E-state index contributed by atoms with van der Waals surface area (Å²) in [6.45, 7) is 1.30. The number of thioether (sulfide) groups is 1. The first-order valence-electron chi connectivity index (χ1n) is 7.23. The third kappa shape index (κ3) is 3.21. The van der Waals surface area contributed by atoms with Crippen LogP contribution in [-0.2, 0) is 18.3 Å². The number of hydrogen-bond donors (Lipinski definition) is 1. The topological polar surface area (TPSA) is 56.1 Å². The Labute approximate surface area is 138 Å². The molecule has 0 spiro atoms. The average molecular weight is 337 g/mol. The second-order valence-electron chi connectivity index (χ2n) is 5.18. The fourth-order valence-corrected chi connectivity index (χ4v) is 4.05. The summed E-state index contributed by atoms with van der Waals surface area (Å²) in [6.07, 6.45) is 6.12. The minimum atomic E-state index is -0.0406. The second kappa shape index (κ2) is 6.85. The number of imidazole rings is 1. The highest BCUT2D eigenvalue weighted by molar-refractivity contribution is 7.98. The zero-order valence-electron chi connectivity index (χ0n) is 12.7. The molecule has 0 bridgehead atoms. The van der Waals surface area contributed by atoms with Gasteiger partial charge in [0, 0.05) is 18.5 Å². The van der Waals surface area contributed by atoms with Gasteiger partial charge in [-0.3, -0.25) is 4.79 Å². The number of rotatable bonds is 5. The molecule has 1 aliphatic heterocycles.